The second-order valence-electron chi connectivity index (χ2n) is 1.51. The summed E-state index contributed by atoms with van der Waals surface area (Å²) in [5, 5.41) is -0.412. The predicted molar refractivity (Wildman–Crippen MR) is 48.6 cm³/mol. The van der Waals surface area contributed by atoms with Gasteiger partial charge in [-0.3, -0.25) is 0 Å². The number of hydrogen-bond donors (Lipinski definition) is 0. The molecule has 0 amide bonds. The van der Waals surface area contributed by atoms with E-state index in [2.05, 4.69) is 20.9 Å². The summed E-state index contributed by atoms with van der Waals surface area (Å²) < 4.78 is 73.4. The van der Waals surface area contributed by atoms with Gasteiger partial charge in [-0.1, -0.05) is 13.7 Å². The minimum Gasteiger partial charge on any atom is -0.234 e. The number of nitrogens with zero attached hydrogens (tertiary/aromatic N) is 1. The maximum Gasteiger partial charge on any atom is 0.120 e. The Morgan fingerprint density at radius 3 is 3.10 bits per heavy atom. The Morgan fingerprint density at radius 1 is 1.80 bits per heavy atom. The highest BCUT2D eigenvalue weighted by Gasteiger charge is 2.08. The highest BCUT2D eigenvalue weighted by atomic mass is 79.9. The van der Waals surface area contributed by atoms with Crippen molar-refractivity contribution in [3.63, 3.8) is 0 Å². The summed E-state index contributed by atoms with van der Waals surface area (Å²) in [6.45, 7) is -8.94. The van der Waals surface area contributed by atoms with E-state index in [4.69, 9.17) is 13.7 Å². The van der Waals surface area contributed by atoms with Crippen LogP contribution >= 0.6 is 27.3 Å². The minimum absolute atomic E-state index is 0.240. The summed E-state index contributed by atoms with van der Waals surface area (Å²) in [5.74, 6) is -2.94. The standard InChI is InChI=1S/C7H10BrNS/c1-4(2)6-7(8)9-5(3)10-6/h4H,1-3H3/i1D3,2D3,3D3,4D. The lowest BCUT2D eigenvalue weighted by Gasteiger charge is -1.97. The van der Waals surface area contributed by atoms with Crippen molar-refractivity contribution in [3.8, 4) is 0 Å². The maximum absolute atomic E-state index is 7.95. The highest BCUT2D eigenvalue weighted by molar-refractivity contribution is 9.10. The van der Waals surface area contributed by atoms with Crippen LogP contribution in [0.25, 0.3) is 0 Å². The van der Waals surface area contributed by atoms with Gasteiger partial charge in [0, 0.05) is 18.6 Å². The van der Waals surface area contributed by atoms with Crippen LogP contribution in [0.1, 0.15) is 43.2 Å². The summed E-state index contributed by atoms with van der Waals surface area (Å²) in [6.07, 6.45) is 0. The average molecular weight is 230 g/mol. The zero-order chi connectivity index (χ0) is 16.1. The van der Waals surface area contributed by atoms with Gasteiger partial charge < -0.3 is 0 Å². The van der Waals surface area contributed by atoms with Gasteiger partial charge in [0.15, 0.2) is 0 Å². The van der Waals surface area contributed by atoms with Gasteiger partial charge in [0.1, 0.15) is 4.60 Å². The van der Waals surface area contributed by atoms with E-state index in [0.717, 1.165) is 0 Å². The van der Waals surface area contributed by atoms with Crippen LogP contribution in [0.4, 0.5) is 0 Å². The molecule has 0 saturated heterocycles. The Labute approximate surface area is 87.7 Å². The minimum atomic E-state index is -3.17. The molecule has 1 heterocycles. The molecule has 1 aromatic heterocycles. The summed E-state index contributed by atoms with van der Waals surface area (Å²) in [6, 6.07) is 0. The molecule has 0 N–H and O–H groups in total. The summed E-state index contributed by atoms with van der Waals surface area (Å²) in [5.41, 5.74) is 0. The molecule has 10 heavy (non-hydrogen) atoms. The third-order valence-corrected chi connectivity index (χ3v) is 2.54. The third kappa shape index (κ3) is 1.58. The van der Waals surface area contributed by atoms with Crippen molar-refractivity contribution in [3.05, 3.63) is 14.5 Å². The van der Waals surface area contributed by atoms with Gasteiger partial charge in [-0.15, -0.1) is 11.3 Å². The van der Waals surface area contributed by atoms with E-state index in [1.807, 2.05) is 0 Å². The molecule has 1 aromatic rings. The summed E-state index contributed by atoms with van der Waals surface area (Å²) in [4.78, 5) is 3.19. The number of thiazole rings is 1. The molecular weight excluding hydrogens is 210 g/mol. The van der Waals surface area contributed by atoms with E-state index in [-0.39, 0.29) is 4.60 Å². The van der Waals surface area contributed by atoms with Crippen LogP contribution in [0.2, 0.25) is 0 Å². The van der Waals surface area contributed by atoms with Gasteiger partial charge in [-0.05, 0) is 28.7 Å². The fourth-order valence-corrected chi connectivity index (χ4v) is 1.75. The Balaban J connectivity index is 3.58. The van der Waals surface area contributed by atoms with Crippen LogP contribution in [0.3, 0.4) is 0 Å². The van der Waals surface area contributed by atoms with Crippen LogP contribution in [-0.4, -0.2) is 4.98 Å². The largest absolute Gasteiger partial charge is 0.234 e. The second-order valence-corrected chi connectivity index (χ2v) is 3.26. The van der Waals surface area contributed by atoms with Crippen molar-refractivity contribution >= 4 is 27.3 Å². The van der Waals surface area contributed by atoms with E-state index in [9.17, 15) is 0 Å². The summed E-state index contributed by atoms with van der Waals surface area (Å²) in [7, 11) is 0. The van der Waals surface area contributed by atoms with Crippen LogP contribution in [-0.2, 0) is 0 Å². The molecular formula is C7H10BrNS. The zero-order valence-electron chi connectivity index (χ0n) is 14.7. The van der Waals surface area contributed by atoms with Crippen molar-refractivity contribution in [1.29, 1.82) is 0 Å². The van der Waals surface area contributed by atoms with Crippen molar-refractivity contribution < 1.29 is 13.7 Å². The first kappa shape index (κ1) is 2.07. The van der Waals surface area contributed by atoms with Crippen LogP contribution in [0.5, 0.6) is 0 Å². The average Bonchev–Trinajstić information content (AvgIpc) is 2.55. The predicted octanol–water partition coefficient (Wildman–Crippen LogP) is 3.34. The molecule has 0 aromatic carbocycles. The van der Waals surface area contributed by atoms with Gasteiger partial charge in [0.2, 0.25) is 0 Å². The highest BCUT2D eigenvalue weighted by Crippen LogP contribution is 2.29. The number of rotatable bonds is 1. The molecule has 1 nitrogen and oxygen atoms in total. The van der Waals surface area contributed by atoms with Crippen LogP contribution in [0, 0.1) is 6.85 Å². The Bertz CT molecular complexity index is 483. The quantitative estimate of drug-likeness (QED) is 0.721. The molecule has 0 aliphatic carbocycles. The number of halogens is 1. The molecule has 0 unspecified atom stereocenters. The van der Waals surface area contributed by atoms with E-state index < -0.39 is 36.3 Å². The topological polar surface area (TPSA) is 12.9 Å². The molecule has 56 valence electrons. The van der Waals surface area contributed by atoms with Crippen LogP contribution < -0.4 is 0 Å². The Hall–Kier alpha value is 0.110. The molecule has 0 saturated carbocycles. The Kier molecular flexibility index (Phi) is 0.624. The first-order valence-electron chi connectivity index (χ1n) is 7.29. The normalized spacial score (nSPS) is 30.5. The monoisotopic (exact) mass is 229 g/mol. The van der Waals surface area contributed by atoms with Crippen LogP contribution in [0.15, 0.2) is 4.60 Å². The first-order chi connectivity index (χ1) is 8.62. The van der Waals surface area contributed by atoms with E-state index in [0.29, 0.717) is 11.3 Å². The maximum atomic E-state index is 7.95. The fraction of sp³-hybridized carbons (Fsp3) is 0.571. The van der Waals surface area contributed by atoms with Gasteiger partial charge in [-0.2, -0.15) is 0 Å². The van der Waals surface area contributed by atoms with Gasteiger partial charge in [-0.25, -0.2) is 4.98 Å². The number of aromatic nitrogens is 1. The van der Waals surface area contributed by atoms with Crippen molar-refractivity contribution in [2.45, 2.75) is 26.4 Å². The van der Waals surface area contributed by atoms with Gasteiger partial charge in [0.25, 0.3) is 0 Å². The lowest BCUT2D eigenvalue weighted by atomic mass is 10.2. The molecule has 1 rings (SSSR count). The van der Waals surface area contributed by atoms with E-state index in [1.54, 1.807) is 0 Å². The smallest absolute Gasteiger partial charge is 0.120 e. The molecule has 3 heteroatoms. The lowest BCUT2D eigenvalue weighted by molar-refractivity contribution is 0.878. The molecule has 0 aliphatic heterocycles. The third-order valence-electron chi connectivity index (χ3n) is 0.813. The summed E-state index contributed by atoms with van der Waals surface area (Å²) >= 11 is 3.26. The fourth-order valence-electron chi connectivity index (χ4n) is 0.456. The molecule has 0 radical (unpaired) electrons. The van der Waals surface area contributed by atoms with Crippen molar-refractivity contribution in [2.75, 3.05) is 0 Å². The molecule has 0 fully saturated rings. The molecule has 0 atom stereocenters. The SMILES string of the molecule is [2H]C([2H])([2H])c1nc(Br)c(C([2H])(C([2H])([2H])[2H])C([2H])([2H])[2H])s1. The molecule has 0 bridgehead atoms. The molecule has 0 spiro atoms. The second kappa shape index (κ2) is 3.01. The van der Waals surface area contributed by atoms with Crippen molar-refractivity contribution in [2.24, 2.45) is 0 Å². The first-order valence-corrected chi connectivity index (χ1v) is 3.90. The molecule has 0 aliphatic rings. The lowest BCUT2D eigenvalue weighted by Crippen LogP contribution is -1.81. The van der Waals surface area contributed by atoms with Gasteiger partial charge >= 0.3 is 0 Å². The number of aryl methyl sites for hydroxylation is 1. The van der Waals surface area contributed by atoms with E-state index in [1.165, 1.54) is 0 Å². The van der Waals surface area contributed by atoms with E-state index >= 15 is 0 Å². The van der Waals surface area contributed by atoms with Crippen molar-refractivity contribution in [1.82, 2.24) is 4.98 Å². The Morgan fingerprint density at radius 2 is 2.60 bits per heavy atom. The van der Waals surface area contributed by atoms with Gasteiger partial charge in [0.05, 0.1) is 5.01 Å². The number of hydrogen-bond acceptors (Lipinski definition) is 2. The zero-order valence-corrected chi connectivity index (χ0v) is 7.14.